The molecule has 0 aromatic rings. The van der Waals surface area contributed by atoms with Gasteiger partial charge in [0, 0.05) is 6.54 Å². The summed E-state index contributed by atoms with van der Waals surface area (Å²) in [5, 5.41) is 0. The normalized spacial score (nSPS) is 14.7. The second-order valence-electron chi connectivity index (χ2n) is 12.9. The van der Waals surface area contributed by atoms with E-state index in [0.29, 0.717) is 10.8 Å². The molecule has 0 aromatic heterocycles. The molecule has 0 bridgehead atoms. The average molecular weight is 474 g/mol. The zero-order valence-electron chi connectivity index (χ0n) is 24.0. The summed E-state index contributed by atoms with van der Waals surface area (Å²) in [5.74, 6) is 0.878. The Bertz CT molecular complexity index is 508. The van der Waals surface area contributed by atoms with Gasteiger partial charge in [-0.2, -0.15) is 0 Å². The molecule has 0 aliphatic heterocycles. The summed E-state index contributed by atoms with van der Waals surface area (Å²) in [5.41, 5.74) is 0.915. The highest BCUT2D eigenvalue weighted by molar-refractivity contribution is 7.56. The molecule has 0 heterocycles. The minimum atomic E-state index is -2.58. The summed E-state index contributed by atoms with van der Waals surface area (Å²) < 4.78 is 19.0. The number of rotatable bonds is 17. The smallest absolute Gasteiger partial charge is 0.270 e. The van der Waals surface area contributed by atoms with Crippen LogP contribution in [-0.4, -0.2) is 55.8 Å². The molecule has 0 aliphatic carbocycles. The van der Waals surface area contributed by atoms with Crippen LogP contribution in [0.1, 0.15) is 119 Å². The van der Waals surface area contributed by atoms with Gasteiger partial charge < -0.3 is 0 Å². The second kappa shape index (κ2) is 15.2. The van der Waals surface area contributed by atoms with Gasteiger partial charge in [0.05, 0.1) is 0 Å². The van der Waals surface area contributed by atoms with Gasteiger partial charge in [0.1, 0.15) is 0 Å². The van der Waals surface area contributed by atoms with Crippen molar-refractivity contribution in [2.75, 3.05) is 41.8 Å². The predicted octanol–water partition coefficient (Wildman–Crippen LogP) is 8.54. The average Bonchev–Trinajstić information content (AvgIpc) is 2.63. The lowest BCUT2D eigenvalue weighted by Crippen LogP contribution is -2.33. The Balaban J connectivity index is 4.25. The lowest BCUT2D eigenvalue weighted by Gasteiger charge is -2.37. The van der Waals surface area contributed by atoms with E-state index in [1.165, 1.54) is 70.6 Å². The van der Waals surface area contributed by atoms with E-state index in [1.54, 1.807) is 0 Å². The molecule has 0 aromatic carbocycles. The van der Waals surface area contributed by atoms with Crippen LogP contribution in [0.2, 0.25) is 0 Å². The van der Waals surface area contributed by atoms with E-state index in [4.69, 9.17) is 0 Å². The Labute approximate surface area is 203 Å². The first kappa shape index (κ1) is 32.1. The molecular formula is C27H60N3OP. The van der Waals surface area contributed by atoms with E-state index in [2.05, 4.69) is 46.2 Å². The van der Waals surface area contributed by atoms with Crippen molar-refractivity contribution < 1.29 is 4.57 Å². The number of unbranched alkanes of at least 4 members (excludes halogenated alkanes) is 6. The van der Waals surface area contributed by atoms with Gasteiger partial charge in [-0.3, -0.25) is 4.57 Å². The van der Waals surface area contributed by atoms with Crippen LogP contribution in [0.25, 0.3) is 0 Å². The van der Waals surface area contributed by atoms with E-state index in [1.807, 2.05) is 44.6 Å². The van der Waals surface area contributed by atoms with Crippen molar-refractivity contribution >= 4 is 7.59 Å². The van der Waals surface area contributed by atoms with E-state index in [0.717, 1.165) is 18.9 Å². The maximum atomic E-state index is 13.2. The summed E-state index contributed by atoms with van der Waals surface area (Å²) in [7, 11) is 7.08. The van der Waals surface area contributed by atoms with Gasteiger partial charge in [0.15, 0.2) is 0 Å². The van der Waals surface area contributed by atoms with Crippen LogP contribution in [0, 0.1) is 16.7 Å². The fraction of sp³-hybridized carbons (Fsp3) is 1.00. The van der Waals surface area contributed by atoms with Gasteiger partial charge in [-0.25, -0.2) is 14.0 Å². The lowest BCUT2D eigenvalue weighted by molar-refractivity contribution is 0.258. The van der Waals surface area contributed by atoms with E-state index in [9.17, 15) is 4.57 Å². The van der Waals surface area contributed by atoms with Gasteiger partial charge in [-0.1, -0.05) is 99.3 Å². The van der Waals surface area contributed by atoms with Crippen LogP contribution in [0.4, 0.5) is 0 Å². The topological polar surface area (TPSA) is 26.8 Å². The van der Waals surface area contributed by atoms with Crippen molar-refractivity contribution in [1.29, 1.82) is 0 Å². The van der Waals surface area contributed by atoms with Crippen molar-refractivity contribution in [2.24, 2.45) is 16.7 Å². The largest absolute Gasteiger partial charge is 0.285 e. The van der Waals surface area contributed by atoms with Crippen LogP contribution in [0.5, 0.6) is 0 Å². The number of hydrogen-bond donors (Lipinski definition) is 0. The fourth-order valence-electron chi connectivity index (χ4n) is 4.88. The van der Waals surface area contributed by atoms with Gasteiger partial charge >= 0.3 is 0 Å². The standard InChI is InChI=1S/C27H60N3OP/c1-26(2,3)22-18-14-12-16-20-25(24-27(4,5)6)21-17-13-15-19-23-30(11)32(31,28(7)8)29(9)10/h25H,12-24H2,1-11H3. The Kier molecular flexibility index (Phi) is 15.2. The lowest BCUT2D eigenvalue weighted by atomic mass is 9.80. The van der Waals surface area contributed by atoms with Crippen LogP contribution in [0.3, 0.4) is 0 Å². The molecule has 0 aliphatic rings. The maximum absolute atomic E-state index is 13.2. The van der Waals surface area contributed by atoms with Crippen molar-refractivity contribution in [3.63, 3.8) is 0 Å². The third-order valence-corrected chi connectivity index (χ3v) is 9.69. The van der Waals surface area contributed by atoms with Crippen molar-refractivity contribution in [2.45, 2.75) is 119 Å². The van der Waals surface area contributed by atoms with E-state index >= 15 is 0 Å². The third-order valence-electron chi connectivity index (χ3n) is 6.52. The summed E-state index contributed by atoms with van der Waals surface area (Å²) >= 11 is 0. The molecule has 0 amide bonds. The van der Waals surface area contributed by atoms with Crippen LogP contribution in [0.15, 0.2) is 0 Å². The molecule has 0 fully saturated rings. The van der Waals surface area contributed by atoms with Crippen molar-refractivity contribution in [3.8, 4) is 0 Å². The summed E-state index contributed by atoms with van der Waals surface area (Å²) in [6.45, 7) is 15.1. The zero-order valence-corrected chi connectivity index (χ0v) is 24.9. The summed E-state index contributed by atoms with van der Waals surface area (Å²) in [4.78, 5) is 0. The van der Waals surface area contributed by atoms with Crippen molar-refractivity contribution in [1.82, 2.24) is 14.0 Å². The molecule has 0 rings (SSSR count). The Hall–Kier alpha value is 0.110. The fourth-order valence-corrected chi connectivity index (χ4v) is 7.22. The highest BCUT2D eigenvalue weighted by atomic mass is 31.2. The first-order chi connectivity index (χ1) is 14.6. The van der Waals surface area contributed by atoms with Crippen LogP contribution < -0.4 is 0 Å². The van der Waals surface area contributed by atoms with E-state index in [-0.39, 0.29) is 0 Å². The monoisotopic (exact) mass is 473 g/mol. The quantitative estimate of drug-likeness (QED) is 0.156. The molecule has 0 spiro atoms. The molecule has 0 N–H and O–H groups in total. The highest BCUT2D eigenvalue weighted by Gasteiger charge is 2.32. The van der Waals surface area contributed by atoms with Gasteiger partial charge in [-0.05, 0) is 71.2 Å². The maximum Gasteiger partial charge on any atom is 0.285 e. The summed E-state index contributed by atoms with van der Waals surface area (Å²) in [6.07, 6.45) is 16.1. The molecule has 5 heteroatoms. The Morgan fingerprint density at radius 2 is 1.06 bits per heavy atom. The minimum absolute atomic E-state index is 0.430. The van der Waals surface area contributed by atoms with Crippen LogP contribution >= 0.6 is 7.59 Å². The molecule has 4 nitrogen and oxygen atoms in total. The molecule has 1 unspecified atom stereocenters. The van der Waals surface area contributed by atoms with Gasteiger partial charge in [0.2, 0.25) is 0 Å². The first-order valence-electron chi connectivity index (χ1n) is 13.3. The first-order valence-corrected chi connectivity index (χ1v) is 14.8. The van der Waals surface area contributed by atoms with E-state index < -0.39 is 7.59 Å². The van der Waals surface area contributed by atoms with Crippen LogP contribution in [-0.2, 0) is 4.57 Å². The molecular weight excluding hydrogens is 413 g/mol. The second-order valence-corrected chi connectivity index (χ2v) is 16.2. The highest BCUT2D eigenvalue weighted by Crippen LogP contribution is 2.52. The Morgan fingerprint density at radius 1 is 0.625 bits per heavy atom. The molecule has 1 atom stereocenters. The summed E-state index contributed by atoms with van der Waals surface area (Å²) in [6, 6.07) is 0. The molecule has 0 saturated carbocycles. The molecule has 0 radical (unpaired) electrons. The zero-order chi connectivity index (χ0) is 25.0. The molecule has 0 saturated heterocycles. The third kappa shape index (κ3) is 14.4. The predicted molar refractivity (Wildman–Crippen MR) is 145 cm³/mol. The SMILES string of the molecule is CN(C)P(=O)(N(C)C)N(C)CCCCCCC(CCCCCCC(C)(C)C)CC(C)(C)C. The van der Waals surface area contributed by atoms with Gasteiger partial charge in [-0.15, -0.1) is 0 Å². The molecule has 194 valence electrons. The number of nitrogens with zero attached hydrogens (tertiary/aromatic N) is 3. The van der Waals surface area contributed by atoms with Crippen molar-refractivity contribution in [3.05, 3.63) is 0 Å². The number of hydrogen-bond acceptors (Lipinski definition) is 1. The van der Waals surface area contributed by atoms with Gasteiger partial charge in [0.25, 0.3) is 7.59 Å². The minimum Gasteiger partial charge on any atom is -0.270 e. The Morgan fingerprint density at radius 3 is 1.47 bits per heavy atom. The molecule has 32 heavy (non-hydrogen) atoms.